The molecular weight excluding hydrogens is 316 g/mol. The van der Waals surface area contributed by atoms with Crippen molar-refractivity contribution in [2.75, 3.05) is 11.4 Å². The fourth-order valence-corrected chi connectivity index (χ4v) is 2.90. The van der Waals surface area contributed by atoms with Crippen LogP contribution in [0.25, 0.3) is 0 Å². The van der Waals surface area contributed by atoms with Crippen LogP contribution in [0.4, 0.5) is 5.69 Å². The van der Waals surface area contributed by atoms with E-state index in [0.29, 0.717) is 0 Å². The summed E-state index contributed by atoms with van der Waals surface area (Å²) in [7, 11) is 0. The molecule has 20 heavy (non-hydrogen) atoms. The average molecular weight is 333 g/mol. The fraction of sp³-hybridized carbons (Fsp3) is 0.312. The van der Waals surface area contributed by atoms with Gasteiger partial charge in [-0.15, -0.1) is 0 Å². The summed E-state index contributed by atoms with van der Waals surface area (Å²) in [6.45, 7) is 1.73. The normalized spacial score (nSPS) is 18.5. The maximum atomic E-state index is 10.2. The van der Waals surface area contributed by atoms with Gasteiger partial charge in [0.15, 0.2) is 0 Å². The molecule has 0 saturated heterocycles. The highest BCUT2D eigenvalue weighted by atomic mass is 79.9. The summed E-state index contributed by atoms with van der Waals surface area (Å²) in [6, 6.07) is 12.2. The first kappa shape index (κ1) is 13.6. The second-order valence-electron chi connectivity index (χ2n) is 5.11. The number of fused-ring (bicyclic) bond motifs is 1. The molecule has 1 N–H and O–H groups in total. The standard InChI is InChI=1S/C16H17BrN2O/c17-12-7-8-13(18-10-12)11-19-9-3-6-16(20)14-4-1-2-5-15(14)19/h1-2,4-5,7-8,10,16,20H,3,6,9,11H2. The quantitative estimate of drug-likeness (QED) is 0.911. The number of benzene rings is 1. The maximum absolute atomic E-state index is 10.2. The zero-order chi connectivity index (χ0) is 13.9. The van der Waals surface area contributed by atoms with Crippen molar-refractivity contribution in [3.8, 4) is 0 Å². The van der Waals surface area contributed by atoms with E-state index >= 15 is 0 Å². The van der Waals surface area contributed by atoms with Gasteiger partial charge < -0.3 is 10.0 Å². The summed E-state index contributed by atoms with van der Waals surface area (Å²) < 4.78 is 0.993. The van der Waals surface area contributed by atoms with Gasteiger partial charge in [0.2, 0.25) is 0 Å². The highest BCUT2D eigenvalue weighted by Gasteiger charge is 2.21. The molecule has 104 valence electrons. The van der Waals surface area contributed by atoms with E-state index in [0.717, 1.165) is 47.3 Å². The summed E-state index contributed by atoms with van der Waals surface area (Å²) >= 11 is 3.41. The van der Waals surface area contributed by atoms with Gasteiger partial charge in [-0.05, 0) is 47.0 Å². The van der Waals surface area contributed by atoms with Gasteiger partial charge in [0.25, 0.3) is 0 Å². The van der Waals surface area contributed by atoms with E-state index in [9.17, 15) is 5.11 Å². The lowest BCUT2D eigenvalue weighted by atomic mass is 10.0. The Balaban J connectivity index is 1.89. The SMILES string of the molecule is OC1CCCN(Cc2ccc(Br)cn2)c2ccccc21. The molecule has 3 rings (SSSR count). The number of halogens is 1. The van der Waals surface area contributed by atoms with E-state index in [1.54, 1.807) is 0 Å². The number of para-hydroxylation sites is 1. The second-order valence-corrected chi connectivity index (χ2v) is 6.02. The van der Waals surface area contributed by atoms with Crippen LogP contribution in [0, 0.1) is 0 Å². The van der Waals surface area contributed by atoms with Crippen LogP contribution in [0.15, 0.2) is 47.1 Å². The minimum absolute atomic E-state index is 0.353. The summed E-state index contributed by atoms with van der Waals surface area (Å²) in [5.41, 5.74) is 3.20. The van der Waals surface area contributed by atoms with Crippen molar-refractivity contribution in [2.45, 2.75) is 25.5 Å². The van der Waals surface area contributed by atoms with Crippen LogP contribution in [0.3, 0.4) is 0 Å². The first-order valence-electron chi connectivity index (χ1n) is 6.86. The summed E-state index contributed by atoms with van der Waals surface area (Å²) in [4.78, 5) is 6.75. The third-order valence-electron chi connectivity index (χ3n) is 3.68. The summed E-state index contributed by atoms with van der Waals surface area (Å²) in [6.07, 6.45) is 3.29. The van der Waals surface area contributed by atoms with Crippen LogP contribution < -0.4 is 4.90 Å². The van der Waals surface area contributed by atoms with Gasteiger partial charge in [-0.25, -0.2) is 0 Å². The molecule has 2 heterocycles. The van der Waals surface area contributed by atoms with Gasteiger partial charge in [-0.2, -0.15) is 0 Å². The molecule has 0 saturated carbocycles. The van der Waals surface area contributed by atoms with Crippen LogP contribution >= 0.6 is 15.9 Å². The topological polar surface area (TPSA) is 36.4 Å². The van der Waals surface area contributed by atoms with Gasteiger partial charge in [-0.3, -0.25) is 4.98 Å². The third-order valence-corrected chi connectivity index (χ3v) is 4.15. The predicted molar refractivity (Wildman–Crippen MR) is 83.6 cm³/mol. The number of aliphatic hydroxyl groups is 1. The lowest BCUT2D eigenvalue weighted by Gasteiger charge is -2.24. The van der Waals surface area contributed by atoms with Crippen LogP contribution in [0.1, 0.15) is 30.2 Å². The molecule has 3 nitrogen and oxygen atoms in total. The van der Waals surface area contributed by atoms with E-state index < -0.39 is 0 Å². The minimum atomic E-state index is -0.353. The van der Waals surface area contributed by atoms with Crippen LogP contribution in [0.5, 0.6) is 0 Å². The highest BCUT2D eigenvalue weighted by molar-refractivity contribution is 9.10. The average Bonchev–Trinajstić information content (AvgIpc) is 2.62. The molecule has 0 fully saturated rings. The largest absolute Gasteiger partial charge is 0.388 e. The minimum Gasteiger partial charge on any atom is -0.388 e. The van der Waals surface area contributed by atoms with E-state index in [1.165, 1.54) is 0 Å². The number of hydrogen-bond donors (Lipinski definition) is 1. The molecule has 0 spiro atoms. The number of nitrogens with zero attached hydrogens (tertiary/aromatic N) is 2. The van der Waals surface area contributed by atoms with Crippen LogP contribution in [0.2, 0.25) is 0 Å². The molecule has 4 heteroatoms. The molecule has 1 unspecified atom stereocenters. The van der Waals surface area contributed by atoms with Crippen molar-refractivity contribution >= 4 is 21.6 Å². The molecule has 0 radical (unpaired) electrons. The van der Waals surface area contributed by atoms with Crippen LogP contribution in [-0.2, 0) is 6.54 Å². The monoisotopic (exact) mass is 332 g/mol. The predicted octanol–water partition coefficient (Wildman–Crippen LogP) is 3.68. The Hall–Kier alpha value is -1.39. The number of hydrogen-bond acceptors (Lipinski definition) is 3. The summed E-state index contributed by atoms with van der Waals surface area (Å²) in [5.74, 6) is 0. The number of aromatic nitrogens is 1. The zero-order valence-electron chi connectivity index (χ0n) is 11.2. The molecule has 2 aromatic rings. The fourth-order valence-electron chi connectivity index (χ4n) is 2.67. The molecule has 1 aliphatic rings. The van der Waals surface area contributed by atoms with Gasteiger partial charge in [0.05, 0.1) is 18.3 Å². The van der Waals surface area contributed by atoms with Crippen molar-refractivity contribution < 1.29 is 5.11 Å². The van der Waals surface area contributed by atoms with Gasteiger partial charge in [0.1, 0.15) is 0 Å². The van der Waals surface area contributed by atoms with E-state index in [-0.39, 0.29) is 6.10 Å². The molecule has 1 aromatic heterocycles. The van der Waals surface area contributed by atoms with Crippen molar-refractivity contribution in [1.82, 2.24) is 4.98 Å². The Kier molecular flexibility index (Phi) is 4.03. The lowest BCUT2D eigenvalue weighted by molar-refractivity contribution is 0.168. The van der Waals surface area contributed by atoms with E-state index in [4.69, 9.17) is 0 Å². The van der Waals surface area contributed by atoms with Gasteiger partial charge in [-0.1, -0.05) is 18.2 Å². The first-order valence-corrected chi connectivity index (χ1v) is 7.66. The Morgan fingerprint density at radius 2 is 2.10 bits per heavy atom. The highest BCUT2D eigenvalue weighted by Crippen LogP contribution is 2.33. The smallest absolute Gasteiger partial charge is 0.0810 e. The van der Waals surface area contributed by atoms with Crippen molar-refractivity contribution in [3.05, 3.63) is 58.3 Å². The maximum Gasteiger partial charge on any atom is 0.0810 e. The molecule has 1 atom stereocenters. The molecule has 1 aromatic carbocycles. The Morgan fingerprint density at radius 3 is 2.90 bits per heavy atom. The molecule has 0 bridgehead atoms. The number of aliphatic hydroxyl groups excluding tert-OH is 1. The van der Waals surface area contributed by atoms with Crippen molar-refractivity contribution in [1.29, 1.82) is 0 Å². The number of rotatable bonds is 2. The summed E-state index contributed by atoms with van der Waals surface area (Å²) in [5, 5.41) is 10.2. The first-order chi connectivity index (χ1) is 9.74. The molecule has 0 aliphatic carbocycles. The Labute approximate surface area is 127 Å². The van der Waals surface area contributed by atoms with Crippen LogP contribution in [-0.4, -0.2) is 16.6 Å². The number of anilines is 1. The third kappa shape index (κ3) is 2.86. The van der Waals surface area contributed by atoms with E-state index in [2.05, 4.69) is 31.9 Å². The Bertz CT molecular complexity index is 585. The van der Waals surface area contributed by atoms with Crippen molar-refractivity contribution in [2.24, 2.45) is 0 Å². The van der Waals surface area contributed by atoms with Crippen molar-refractivity contribution in [3.63, 3.8) is 0 Å². The number of pyridine rings is 1. The molecule has 1 aliphatic heterocycles. The van der Waals surface area contributed by atoms with E-state index in [1.807, 2.05) is 36.5 Å². The Morgan fingerprint density at radius 1 is 1.25 bits per heavy atom. The lowest BCUT2D eigenvalue weighted by Crippen LogP contribution is -2.24. The van der Waals surface area contributed by atoms with Gasteiger partial charge in [0, 0.05) is 28.5 Å². The zero-order valence-corrected chi connectivity index (χ0v) is 12.8. The molecular formula is C16H17BrN2O. The second kappa shape index (κ2) is 5.94. The molecule has 0 amide bonds. The van der Waals surface area contributed by atoms with Gasteiger partial charge >= 0.3 is 0 Å².